The minimum Gasteiger partial charge on any atom is -0.331 e. The van der Waals surface area contributed by atoms with Gasteiger partial charge in [-0.2, -0.15) is 15.2 Å². The number of hydrogen-bond donors (Lipinski definition) is 3. The van der Waals surface area contributed by atoms with E-state index in [2.05, 4.69) is 36.7 Å². The van der Waals surface area contributed by atoms with Crippen LogP contribution in [0.25, 0.3) is 0 Å². The van der Waals surface area contributed by atoms with Crippen LogP contribution in [0.15, 0.2) is 18.3 Å². The number of rotatable bonds is 7. The first kappa shape index (κ1) is 20.4. The van der Waals surface area contributed by atoms with Crippen molar-refractivity contribution in [2.24, 2.45) is 0 Å². The molecule has 0 bridgehead atoms. The predicted octanol–water partition coefficient (Wildman–Crippen LogP) is 3.59. The number of aromatic nitrogens is 6. The van der Waals surface area contributed by atoms with Gasteiger partial charge in [0.25, 0.3) is 0 Å². The molecule has 1 aliphatic heterocycles. The molecule has 0 amide bonds. The van der Waals surface area contributed by atoms with Crippen molar-refractivity contribution < 1.29 is 4.79 Å². The van der Waals surface area contributed by atoms with Crippen molar-refractivity contribution in [1.29, 1.82) is 0 Å². The smallest absolute Gasteiger partial charge is 0.228 e. The van der Waals surface area contributed by atoms with Gasteiger partial charge >= 0.3 is 0 Å². The second kappa shape index (κ2) is 8.61. The minimum absolute atomic E-state index is 0.184. The number of H-pyrrole nitrogens is 2. The quantitative estimate of drug-likeness (QED) is 0.508. The molecule has 3 aromatic heterocycles. The molecule has 2 aliphatic carbocycles. The van der Waals surface area contributed by atoms with Crippen molar-refractivity contribution in [2.75, 3.05) is 16.8 Å². The van der Waals surface area contributed by atoms with Gasteiger partial charge in [0.15, 0.2) is 11.6 Å². The number of nitrogens with one attached hydrogen (secondary N) is 3. The summed E-state index contributed by atoms with van der Waals surface area (Å²) in [6, 6.07) is 3.79. The summed E-state index contributed by atoms with van der Waals surface area (Å²) in [5, 5.41) is 18.1. The highest BCUT2D eigenvalue weighted by Gasteiger charge is 2.34. The Bertz CT molecular complexity index is 1130. The fourth-order valence-corrected chi connectivity index (χ4v) is 5.65. The maximum Gasteiger partial charge on any atom is 0.228 e. The van der Waals surface area contributed by atoms with Crippen LogP contribution in [-0.2, 0) is 24.1 Å². The van der Waals surface area contributed by atoms with Crippen molar-refractivity contribution in [3.8, 4) is 0 Å². The highest BCUT2D eigenvalue weighted by atomic mass is 16.1. The number of aryl methyl sites for hydroxylation is 1. The third-order valence-electron chi connectivity index (χ3n) is 7.36. The molecule has 1 saturated heterocycles. The summed E-state index contributed by atoms with van der Waals surface area (Å²) in [6.45, 7) is 0.797. The van der Waals surface area contributed by atoms with Gasteiger partial charge in [-0.25, -0.2) is 4.98 Å². The zero-order valence-electron chi connectivity index (χ0n) is 18.8. The molecule has 1 unspecified atom stereocenters. The van der Waals surface area contributed by atoms with Gasteiger partial charge in [-0.15, -0.1) is 0 Å². The van der Waals surface area contributed by atoms with Crippen molar-refractivity contribution >= 4 is 23.4 Å². The van der Waals surface area contributed by atoms with E-state index in [1.54, 1.807) is 6.20 Å². The van der Waals surface area contributed by atoms with E-state index in [4.69, 9.17) is 9.97 Å². The number of carbonyl (C=O) groups excluding carboxylic acids is 1. The van der Waals surface area contributed by atoms with Crippen LogP contribution < -0.4 is 10.2 Å². The summed E-state index contributed by atoms with van der Waals surface area (Å²) in [4.78, 5) is 25.0. The molecular weight excluding hydrogens is 416 g/mol. The predicted molar refractivity (Wildman–Crippen MR) is 125 cm³/mol. The topological polar surface area (TPSA) is 115 Å². The average Bonchev–Trinajstić information content (AvgIpc) is 3.64. The van der Waals surface area contributed by atoms with E-state index < -0.39 is 0 Å². The lowest BCUT2D eigenvalue weighted by atomic mass is 10.0. The highest BCUT2D eigenvalue weighted by molar-refractivity contribution is 5.89. The molecule has 6 rings (SSSR count). The third-order valence-corrected chi connectivity index (χ3v) is 7.36. The van der Waals surface area contributed by atoms with Gasteiger partial charge in [0.05, 0.1) is 18.2 Å². The number of anilines is 3. The summed E-state index contributed by atoms with van der Waals surface area (Å²) in [7, 11) is 0. The molecule has 172 valence electrons. The largest absolute Gasteiger partial charge is 0.331 e. The van der Waals surface area contributed by atoms with Gasteiger partial charge in [0, 0.05) is 41.7 Å². The Kier molecular flexibility index (Phi) is 5.32. The summed E-state index contributed by atoms with van der Waals surface area (Å²) in [6.07, 6.45) is 11.9. The zero-order chi connectivity index (χ0) is 22.2. The van der Waals surface area contributed by atoms with Gasteiger partial charge in [-0.05, 0) is 51.0 Å². The lowest BCUT2D eigenvalue weighted by molar-refractivity contribution is -0.119. The summed E-state index contributed by atoms with van der Waals surface area (Å²) < 4.78 is 0. The highest BCUT2D eigenvalue weighted by Crippen LogP contribution is 2.36. The Morgan fingerprint density at radius 1 is 1.09 bits per heavy atom. The first-order valence-corrected chi connectivity index (χ1v) is 12.2. The third kappa shape index (κ3) is 4.00. The van der Waals surface area contributed by atoms with Gasteiger partial charge in [-0.3, -0.25) is 15.0 Å². The van der Waals surface area contributed by atoms with Crippen molar-refractivity contribution in [3.05, 3.63) is 41.0 Å². The zero-order valence-corrected chi connectivity index (χ0v) is 18.8. The maximum atomic E-state index is 13.1. The normalized spacial score (nSPS) is 20.5. The molecule has 3 aromatic rings. The van der Waals surface area contributed by atoms with Crippen LogP contribution >= 0.6 is 0 Å². The molecule has 3 N–H and O–H groups in total. The Hall–Kier alpha value is -3.23. The average molecular weight is 447 g/mol. The van der Waals surface area contributed by atoms with Gasteiger partial charge in [0.1, 0.15) is 5.82 Å². The fourth-order valence-electron chi connectivity index (χ4n) is 5.65. The second-order valence-corrected chi connectivity index (χ2v) is 9.54. The second-order valence-electron chi connectivity index (χ2n) is 9.54. The summed E-state index contributed by atoms with van der Waals surface area (Å²) in [5.74, 6) is 3.08. The van der Waals surface area contributed by atoms with Gasteiger partial charge < -0.3 is 10.2 Å². The summed E-state index contributed by atoms with van der Waals surface area (Å²) >= 11 is 0. The number of hydrogen-bond acceptors (Lipinski definition) is 7. The van der Waals surface area contributed by atoms with Crippen LogP contribution in [-0.4, -0.2) is 48.7 Å². The first-order valence-electron chi connectivity index (χ1n) is 12.2. The maximum absolute atomic E-state index is 13.1. The number of Topliss-reactive ketones (excluding diaryl/α,β-unsaturated/α-hetero) is 1. The molecule has 0 radical (unpaired) electrons. The van der Waals surface area contributed by atoms with E-state index in [0.29, 0.717) is 18.3 Å². The molecule has 0 spiro atoms. The summed E-state index contributed by atoms with van der Waals surface area (Å²) in [5.41, 5.74) is 4.34. The van der Waals surface area contributed by atoms with E-state index >= 15 is 0 Å². The van der Waals surface area contributed by atoms with Crippen LogP contribution in [0.2, 0.25) is 0 Å². The molecule has 1 saturated carbocycles. The van der Waals surface area contributed by atoms with E-state index in [0.717, 1.165) is 61.7 Å². The monoisotopic (exact) mass is 446 g/mol. The van der Waals surface area contributed by atoms with Crippen LogP contribution in [0.5, 0.6) is 0 Å². The van der Waals surface area contributed by atoms with Crippen molar-refractivity contribution in [3.63, 3.8) is 0 Å². The molecule has 33 heavy (non-hydrogen) atoms. The van der Waals surface area contributed by atoms with Crippen LogP contribution in [0.4, 0.5) is 17.6 Å². The lowest BCUT2D eigenvalue weighted by Crippen LogP contribution is -2.38. The number of nitrogens with zero attached hydrogens (tertiary/aromatic N) is 5. The fraction of sp³-hybridized carbons (Fsp3) is 0.542. The molecule has 9 nitrogen and oxygen atoms in total. The Morgan fingerprint density at radius 3 is 2.85 bits per heavy atom. The van der Waals surface area contributed by atoms with Crippen molar-refractivity contribution in [1.82, 2.24) is 30.4 Å². The minimum atomic E-state index is -0.194. The van der Waals surface area contributed by atoms with Crippen LogP contribution in [0, 0.1) is 0 Å². The number of aromatic amines is 2. The van der Waals surface area contributed by atoms with Crippen LogP contribution in [0.3, 0.4) is 0 Å². The SMILES string of the molecule is O=C(Cc1ccn[nH]1)C1CCCN1c1nc2c(c(Nc3cc(C4CCCC4)[nH]n3)n1)CCC2. The van der Waals surface area contributed by atoms with E-state index in [1.807, 2.05) is 6.07 Å². The molecule has 1 atom stereocenters. The van der Waals surface area contributed by atoms with E-state index in [9.17, 15) is 4.79 Å². The number of ketones is 1. The standard InChI is InChI=1S/C24H30N8O/c33-21(13-16-10-11-25-29-16)20-9-4-12-32(20)24-26-18-8-3-7-17(18)23(28-24)27-22-14-19(30-31-22)15-5-1-2-6-15/h10-11,14-15,20H,1-9,12-13H2,(H,25,29)(H2,26,27,28,30,31). The molecule has 2 fully saturated rings. The lowest BCUT2D eigenvalue weighted by Gasteiger charge is -2.25. The molecule has 4 heterocycles. The number of fused-ring (bicyclic) bond motifs is 1. The van der Waals surface area contributed by atoms with Crippen molar-refractivity contribution in [2.45, 2.75) is 76.2 Å². The Balaban J connectivity index is 1.25. The van der Waals surface area contributed by atoms with Gasteiger partial charge in [-0.1, -0.05) is 12.8 Å². The molecule has 3 aliphatic rings. The molecular formula is C24H30N8O. The molecule has 9 heteroatoms. The number of carbonyl (C=O) groups is 1. The Morgan fingerprint density at radius 2 is 2.00 bits per heavy atom. The van der Waals surface area contributed by atoms with Crippen LogP contribution in [0.1, 0.15) is 73.5 Å². The van der Waals surface area contributed by atoms with E-state index in [1.165, 1.54) is 36.9 Å². The van der Waals surface area contributed by atoms with Gasteiger partial charge in [0.2, 0.25) is 5.95 Å². The Labute approximate surface area is 192 Å². The van der Waals surface area contributed by atoms with E-state index in [-0.39, 0.29) is 11.8 Å². The molecule has 0 aromatic carbocycles. The first-order chi connectivity index (χ1) is 16.2.